The van der Waals surface area contributed by atoms with Crippen molar-refractivity contribution < 1.29 is 4.79 Å². The third kappa shape index (κ3) is 5.78. The van der Waals surface area contributed by atoms with Crippen LogP contribution in [0.5, 0.6) is 0 Å². The number of nitrogens with one attached hydrogen (secondary N) is 1. The number of nitrogens with two attached hydrogens (primary N) is 1. The Balaban J connectivity index is 3.90. The van der Waals surface area contributed by atoms with Gasteiger partial charge in [-0.1, -0.05) is 34.1 Å². The molecular weight excluding hydrogens is 188 g/mol. The van der Waals surface area contributed by atoms with Crippen LogP contribution in [-0.4, -0.2) is 19.0 Å². The van der Waals surface area contributed by atoms with Crippen molar-refractivity contribution in [2.45, 2.75) is 40.5 Å². The highest BCUT2D eigenvalue weighted by Crippen LogP contribution is 2.09. The van der Waals surface area contributed by atoms with Crippen molar-refractivity contribution in [1.82, 2.24) is 5.32 Å². The van der Waals surface area contributed by atoms with Crippen LogP contribution in [0, 0.1) is 17.8 Å². The molecule has 0 aliphatic rings. The van der Waals surface area contributed by atoms with Crippen LogP contribution in [0.4, 0.5) is 0 Å². The lowest BCUT2D eigenvalue weighted by atomic mass is 9.97. The van der Waals surface area contributed by atoms with Gasteiger partial charge in [-0.15, -0.1) is 0 Å². The Kier molecular flexibility index (Phi) is 7.39. The van der Waals surface area contributed by atoms with Gasteiger partial charge in [0.2, 0.25) is 5.91 Å². The van der Waals surface area contributed by atoms with Gasteiger partial charge < -0.3 is 11.1 Å². The first-order valence-electron chi connectivity index (χ1n) is 6.00. The summed E-state index contributed by atoms with van der Waals surface area (Å²) in [6, 6.07) is 0. The second-order valence-electron chi connectivity index (χ2n) is 4.69. The zero-order valence-electron chi connectivity index (χ0n) is 10.5. The van der Waals surface area contributed by atoms with Crippen molar-refractivity contribution in [3.8, 4) is 0 Å². The van der Waals surface area contributed by atoms with Crippen molar-refractivity contribution in [3.63, 3.8) is 0 Å². The molecule has 0 aliphatic carbocycles. The molecule has 2 atom stereocenters. The molecule has 0 rings (SSSR count). The lowest BCUT2D eigenvalue weighted by Gasteiger charge is -2.19. The fourth-order valence-electron chi connectivity index (χ4n) is 1.35. The monoisotopic (exact) mass is 214 g/mol. The van der Waals surface area contributed by atoms with E-state index in [9.17, 15) is 4.79 Å². The summed E-state index contributed by atoms with van der Waals surface area (Å²) in [5.74, 6) is 1.24. The average molecular weight is 214 g/mol. The molecule has 0 saturated heterocycles. The molecule has 1 amide bonds. The van der Waals surface area contributed by atoms with Gasteiger partial charge in [0.25, 0.3) is 0 Å². The second-order valence-corrected chi connectivity index (χ2v) is 4.69. The van der Waals surface area contributed by atoms with E-state index in [4.69, 9.17) is 5.73 Å². The summed E-state index contributed by atoms with van der Waals surface area (Å²) < 4.78 is 0. The lowest BCUT2D eigenvalue weighted by molar-refractivity contribution is -0.125. The van der Waals surface area contributed by atoms with E-state index in [1.807, 2.05) is 0 Å². The smallest absolute Gasteiger partial charge is 0.224 e. The van der Waals surface area contributed by atoms with Gasteiger partial charge in [0.1, 0.15) is 0 Å². The van der Waals surface area contributed by atoms with Crippen LogP contribution >= 0.6 is 0 Å². The molecule has 0 heterocycles. The summed E-state index contributed by atoms with van der Waals surface area (Å²) >= 11 is 0. The Morgan fingerprint density at radius 3 is 2.33 bits per heavy atom. The molecule has 0 fully saturated rings. The van der Waals surface area contributed by atoms with E-state index in [0.717, 1.165) is 19.4 Å². The molecule has 2 unspecified atom stereocenters. The number of amides is 1. The van der Waals surface area contributed by atoms with Crippen LogP contribution in [-0.2, 0) is 4.79 Å². The molecule has 0 spiro atoms. The predicted octanol–water partition coefficient (Wildman–Crippen LogP) is 1.77. The van der Waals surface area contributed by atoms with E-state index >= 15 is 0 Å². The number of carbonyl (C=O) groups is 1. The molecule has 0 aromatic carbocycles. The van der Waals surface area contributed by atoms with Gasteiger partial charge in [-0.25, -0.2) is 0 Å². The molecular formula is C12H26N2O. The first-order chi connectivity index (χ1) is 7.02. The van der Waals surface area contributed by atoms with E-state index < -0.39 is 0 Å². The third-order valence-corrected chi connectivity index (χ3v) is 3.03. The molecule has 0 saturated carbocycles. The largest absolute Gasteiger partial charge is 0.356 e. The van der Waals surface area contributed by atoms with Gasteiger partial charge in [0.15, 0.2) is 0 Å². The fraction of sp³-hybridized carbons (Fsp3) is 0.917. The molecule has 15 heavy (non-hydrogen) atoms. The summed E-state index contributed by atoms with van der Waals surface area (Å²) in [5, 5.41) is 2.98. The van der Waals surface area contributed by atoms with E-state index in [-0.39, 0.29) is 11.8 Å². The number of carbonyl (C=O) groups excluding carboxylic acids is 1. The quantitative estimate of drug-likeness (QED) is 0.678. The van der Waals surface area contributed by atoms with Crippen LogP contribution in [0.15, 0.2) is 0 Å². The minimum absolute atomic E-state index is 0.00522. The summed E-state index contributed by atoms with van der Waals surface area (Å²) in [6.07, 6.45) is 1.90. The van der Waals surface area contributed by atoms with Gasteiger partial charge in [-0.05, 0) is 18.3 Å². The Morgan fingerprint density at radius 1 is 1.33 bits per heavy atom. The maximum absolute atomic E-state index is 11.7. The SMILES string of the molecule is CCCC(CN)C(=O)NCC(C)C(C)C. The molecule has 0 aromatic rings. The summed E-state index contributed by atoms with van der Waals surface area (Å²) in [5.41, 5.74) is 5.57. The van der Waals surface area contributed by atoms with E-state index in [1.165, 1.54) is 0 Å². The predicted molar refractivity (Wildman–Crippen MR) is 64.5 cm³/mol. The fourth-order valence-corrected chi connectivity index (χ4v) is 1.35. The van der Waals surface area contributed by atoms with Crippen LogP contribution in [0.3, 0.4) is 0 Å². The van der Waals surface area contributed by atoms with Crippen molar-refractivity contribution in [3.05, 3.63) is 0 Å². The summed E-state index contributed by atoms with van der Waals surface area (Å²) in [4.78, 5) is 11.7. The van der Waals surface area contributed by atoms with Crippen LogP contribution in [0.25, 0.3) is 0 Å². The minimum Gasteiger partial charge on any atom is -0.356 e. The Bertz CT molecular complexity index is 180. The van der Waals surface area contributed by atoms with Crippen molar-refractivity contribution in [2.24, 2.45) is 23.5 Å². The third-order valence-electron chi connectivity index (χ3n) is 3.03. The first kappa shape index (κ1) is 14.4. The molecule has 3 heteroatoms. The van der Waals surface area contributed by atoms with Crippen molar-refractivity contribution in [1.29, 1.82) is 0 Å². The van der Waals surface area contributed by atoms with Crippen molar-refractivity contribution >= 4 is 5.91 Å². The number of hydrogen-bond acceptors (Lipinski definition) is 2. The van der Waals surface area contributed by atoms with Crippen LogP contribution < -0.4 is 11.1 Å². The Labute approximate surface area is 93.8 Å². The number of hydrogen-bond donors (Lipinski definition) is 2. The highest BCUT2D eigenvalue weighted by atomic mass is 16.1. The van der Waals surface area contributed by atoms with Crippen molar-refractivity contribution in [2.75, 3.05) is 13.1 Å². The molecule has 0 bridgehead atoms. The minimum atomic E-state index is -0.00522. The molecule has 3 nitrogen and oxygen atoms in total. The van der Waals surface area contributed by atoms with E-state index in [2.05, 4.69) is 33.0 Å². The average Bonchev–Trinajstić information content (AvgIpc) is 2.21. The highest BCUT2D eigenvalue weighted by Gasteiger charge is 2.16. The zero-order valence-corrected chi connectivity index (χ0v) is 10.5. The summed E-state index contributed by atoms with van der Waals surface area (Å²) in [7, 11) is 0. The molecule has 0 aliphatic heterocycles. The first-order valence-corrected chi connectivity index (χ1v) is 6.00. The maximum atomic E-state index is 11.7. The van der Waals surface area contributed by atoms with E-state index in [1.54, 1.807) is 0 Å². The van der Waals surface area contributed by atoms with Gasteiger partial charge in [0, 0.05) is 13.1 Å². The second kappa shape index (κ2) is 7.69. The molecule has 3 N–H and O–H groups in total. The van der Waals surface area contributed by atoms with Gasteiger partial charge in [-0.3, -0.25) is 4.79 Å². The Hall–Kier alpha value is -0.570. The molecule has 90 valence electrons. The van der Waals surface area contributed by atoms with E-state index in [0.29, 0.717) is 18.4 Å². The Morgan fingerprint density at radius 2 is 1.93 bits per heavy atom. The van der Waals surface area contributed by atoms with Crippen LogP contribution in [0.1, 0.15) is 40.5 Å². The lowest BCUT2D eigenvalue weighted by Crippen LogP contribution is -2.37. The number of rotatable bonds is 7. The normalized spacial score (nSPS) is 15.1. The highest BCUT2D eigenvalue weighted by molar-refractivity contribution is 5.78. The standard InChI is InChI=1S/C12H26N2O/c1-5-6-11(7-13)12(15)14-8-10(4)9(2)3/h9-11H,5-8,13H2,1-4H3,(H,14,15). The van der Waals surface area contributed by atoms with Gasteiger partial charge >= 0.3 is 0 Å². The summed E-state index contributed by atoms with van der Waals surface area (Å²) in [6.45, 7) is 9.79. The van der Waals surface area contributed by atoms with Crippen LogP contribution in [0.2, 0.25) is 0 Å². The molecule has 0 radical (unpaired) electrons. The van der Waals surface area contributed by atoms with Gasteiger partial charge in [0.05, 0.1) is 5.92 Å². The molecule has 0 aromatic heterocycles. The van der Waals surface area contributed by atoms with Gasteiger partial charge in [-0.2, -0.15) is 0 Å². The maximum Gasteiger partial charge on any atom is 0.224 e. The zero-order chi connectivity index (χ0) is 11.8. The topological polar surface area (TPSA) is 55.1 Å².